The molecule has 2 N–H and O–H groups in total. The number of hydrogen-bond donors (Lipinski definition) is 2. The van der Waals surface area contributed by atoms with E-state index in [-0.39, 0.29) is 12.5 Å². The van der Waals surface area contributed by atoms with Gasteiger partial charge in [0.15, 0.2) is 0 Å². The van der Waals surface area contributed by atoms with Crippen LogP contribution in [0.25, 0.3) is 10.9 Å². The number of aromatic nitrogens is 1. The summed E-state index contributed by atoms with van der Waals surface area (Å²) in [6.45, 7) is 4.15. The number of amides is 1. The van der Waals surface area contributed by atoms with Crippen LogP contribution < -0.4 is 10.6 Å². The summed E-state index contributed by atoms with van der Waals surface area (Å²) >= 11 is 0. The lowest BCUT2D eigenvalue weighted by atomic mass is 10.1. The Balaban J connectivity index is 1.66. The van der Waals surface area contributed by atoms with Crippen LogP contribution in [0.1, 0.15) is 11.1 Å². The molecule has 0 saturated heterocycles. The standard InChI is InChI=1S/C19H19N3O/c1-13-6-5-7-14(2)19(13)22-18(23)12-20-17-11-10-15-8-3-4-9-16(15)21-17/h3-11H,12H2,1-2H3,(H,20,21)(H,22,23). The van der Waals surface area contributed by atoms with Gasteiger partial charge in [0.2, 0.25) is 5.91 Å². The molecule has 1 heterocycles. The Kier molecular flexibility index (Phi) is 4.24. The Bertz CT molecular complexity index is 838. The van der Waals surface area contributed by atoms with E-state index in [4.69, 9.17) is 0 Å². The third kappa shape index (κ3) is 3.48. The fraction of sp³-hybridized carbons (Fsp3) is 0.158. The van der Waals surface area contributed by atoms with Crippen LogP contribution in [-0.2, 0) is 4.79 Å². The highest BCUT2D eigenvalue weighted by molar-refractivity contribution is 5.95. The number of pyridine rings is 1. The first-order valence-electron chi connectivity index (χ1n) is 7.59. The lowest BCUT2D eigenvalue weighted by molar-refractivity contribution is -0.114. The molecule has 0 aliphatic heterocycles. The number of aryl methyl sites for hydroxylation is 2. The second-order valence-electron chi connectivity index (χ2n) is 5.56. The minimum Gasteiger partial charge on any atom is -0.361 e. The Hall–Kier alpha value is -2.88. The van der Waals surface area contributed by atoms with Gasteiger partial charge in [0, 0.05) is 11.1 Å². The molecule has 4 heteroatoms. The van der Waals surface area contributed by atoms with Crippen molar-refractivity contribution < 1.29 is 4.79 Å². The molecule has 0 unspecified atom stereocenters. The summed E-state index contributed by atoms with van der Waals surface area (Å²) in [5.41, 5.74) is 3.91. The van der Waals surface area contributed by atoms with E-state index in [0.29, 0.717) is 5.82 Å². The van der Waals surface area contributed by atoms with Gasteiger partial charge in [-0.25, -0.2) is 4.98 Å². The minimum atomic E-state index is -0.0858. The van der Waals surface area contributed by atoms with Crippen molar-refractivity contribution in [1.29, 1.82) is 0 Å². The van der Waals surface area contributed by atoms with Crippen LogP contribution in [0.5, 0.6) is 0 Å². The van der Waals surface area contributed by atoms with Crippen molar-refractivity contribution >= 4 is 28.3 Å². The first-order chi connectivity index (χ1) is 11.1. The van der Waals surface area contributed by atoms with Crippen LogP contribution in [0.2, 0.25) is 0 Å². The van der Waals surface area contributed by atoms with Gasteiger partial charge >= 0.3 is 0 Å². The van der Waals surface area contributed by atoms with Gasteiger partial charge in [0.05, 0.1) is 12.1 Å². The van der Waals surface area contributed by atoms with Crippen LogP contribution >= 0.6 is 0 Å². The van der Waals surface area contributed by atoms with E-state index in [9.17, 15) is 4.79 Å². The van der Waals surface area contributed by atoms with E-state index in [1.165, 1.54) is 0 Å². The Morgan fingerprint density at radius 1 is 0.957 bits per heavy atom. The summed E-state index contributed by atoms with van der Waals surface area (Å²) in [7, 11) is 0. The number of carbonyl (C=O) groups excluding carboxylic acids is 1. The highest BCUT2D eigenvalue weighted by Crippen LogP contribution is 2.19. The van der Waals surface area contributed by atoms with Crippen molar-refractivity contribution in [3.05, 3.63) is 65.7 Å². The average Bonchev–Trinajstić information content (AvgIpc) is 2.56. The molecule has 116 valence electrons. The normalized spacial score (nSPS) is 10.5. The lowest BCUT2D eigenvalue weighted by Crippen LogP contribution is -2.23. The van der Waals surface area contributed by atoms with Crippen LogP contribution in [-0.4, -0.2) is 17.4 Å². The maximum atomic E-state index is 12.2. The number of nitrogens with one attached hydrogen (secondary N) is 2. The Morgan fingerprint density at radius 3 is 2.48 bits per heavy atom. The maximum absolute atomic E-state index is 12.2. The Labute approximate surface area is 135 Å². The third-order valence-electron chi connectivity index (χ3n) is 3.77. The number of rotatable bonds is 4. The van der Waals surface area contributed by atoms with Gasteiger partial charge < -0.3 is 10.6 Å². The van der Waals surface area contributed by atoms with Crippen molar-refractivity contribution in [2.75, 3.05) is 17.2 Å². The van der Waals surface area contributed by atoms with Crippen molar-refractivity contribution in [2.24, 2.45) is 0 Å². The largest absolute Gasteiger partial charge is 0.361 e. The fourth-order valence-corrected chi connectivity index (χ4v) is 2.53. The molecule has 0 atom stereocenters. The second-order valence-corrected chi connectivity index (χ2v) is 5.56. The van der Waals surface area contributed by atoms with Gasteiger partial charge in [0.25, 0.3) is 0 Å². The second kappa shape index (κ2) is 6.48. The summed E-state index contributed by atoms with van der Waals surface area (Å²) in [6.07, 6.45) is 0. The minimum absolute atomic E-state index is 0.0858. The zero-order chi connectivity index (χ0) is 16.2. The molecule has 0 saturated carbocycles. The smallest absolute Gasteiger partial charge is 0.243 e. The zero-order valence-electron chi connectivity index (χ0n) is 13.3. The Morgan fingerprint density at radius 2 is 1.70 bits per heavy atom. The van der Waals surface area contributed by atoms with Crippen LogP contribution in [0, 0.1) is 13.8 Å². The van der Waals surface area contributed by atoms with Crippen molar-refractivity contribution in [1.82, 2.24) is 4.98 Å². The number of anilines is 2. The molecule has 0 aliphatic rings. The molecule has 1 aromatic heterocycles. The quantitative estimate of drug-likeness (QED) is 0.768. The third-order valence-corrected chi connectivity index (χ3v) is 3.77. The van der Waals surface area contributed by atoms with Crippen molar-refractivity contribution in [2.45, 2.75) is 13.8 Å². The highest BCUT2D eigenvalue weighted by atomic mass is 16.1. The number of carbonyl (C=O) groups is 1. The summed E-state index contributed by atoms with van der Waals surface area (Å²) in [5, 5.41) is 7.11. The SMILES string of the molecule is Cc1cccc(C)c1NC(=O)CNc1ccc2ccccc2n1. The predicted octanol–water partition coefficient (Wildman–Crippen LogP) is 3.90. The molecule has 3 aromatic rings. The molecule has 2 aromatic carbocycles. The summed E-state index contributed by atoms with van der Waals surface area (Å²) in [5.74, 6) is 0.609. The van der Waals surface area contributed by atoms with Crippen LogP contribution in [0.4, 0.5) is 11.5 Å². The topological polar surface area (TPSA) is 54.0 Å². The van der Waals surface area contributed by atoms with E-state index in [1.54, 1.807) is 0 Å². The molecule has 3 rings (SSSR count). The van der Waals surface area contributed by atoms with Crippen LogP contribution in [0.15, 0.2) is 54.6 Å². The number of hydrogen-bond acceptors (Lipinski definition) is 3. The molecule has 1 amide bonds. The van der Waals surface area contributed by atoms with E-state index in [1.807, 2.05) is 68.4 Å². The molecule has 0 spiro atoms. The molecular formula is C19H19N3O. The van der Waals surface area contributed by atoms with E-state index in [0.717, 1.165) is 27.7 Å². The predicted molar refractivity (Wildman–Crippen MR) is 94.8 cm³/mol. The number of fused-ring (bicyclic) bond motifs is 1. The average molecular weight is 305 g/mol. The molecule has 0 bridgehead atoms. The van der Waals surface area contributed by atoms with Crippen molar-refractivity contribution in [3.8, 4) is 0 Å². The first-order valence-corrected chi connectivity index (χ1v) is 7.59. The number of benzene rings is 2. The molecule has 0 aliphatic carbocycles. The number of nitrogens with zero attached hydrogens (tertiary/aromatic N) is 1. The zero-order valence-corrected chi connectivity index (χ0v) is 13.3. The lowest BCUT2D eigenvalue weighted by Gasteiger charge is -2.12. The van der Waals surface area contributed by atoms with E-state index >= 15 is 0 Å². The van der Waals surface area contributed by atoms with Gasteiger partial charge in [0.1, 0.15) is 5.82 Å². The molecule has 4 nitrogen and oxygen atoms in total. The molecular weight excluding hydrogens is 286 g/mol. The fourth-order valence-electron chi connectivity index (χ4n) is 2.53. The van der Waals surface area contributed by atoms with Crippen LogP contribution in [0.3, 0.4) is 0 Å². The first kappa shape index (κ1) is 15.0. The summed E-state index contributed by atoms with van der Waals surface area (Å²) < 4.78 is 0. The molecule has 0 fully saturated rings. The van der Waals surface area contributed by atoms with Gasteiger partial charge in [-0.2, -0.15) is 0 Å². The highest BCUT2D eigenvalue weighted by Gasteiger charge is 2.07. The summed E-state index contributed by atoms with van der Waals surface area (Å²) in [6, 6.07) is 17.7. The molecule has 0 radical (unpaired) electrons. The van der Waals surface area contributed by atoms with Gasteiger partial charge in [-0.1, -0.05) is 36.4 Å². The molecule has 23 heavy (non-hydrogen) atoms. The van der Waals surface area contributed by atoms with E-state index in [2.05, 4.69) is 15.6 Å². The van der Waals surface area contributed by atoms with Gasteiger partial charge in [-0.05, 0) is 43.2 Å². The monoisotopic (exact) mass is 305 g/mol. The summed E-state index contributed by atoms with van der Waals surface area (Å²) in [4.78, 5) is 16.7. The maximum Gasteiger partial charge on any atom is 0.243 e. The number of para-hydroxylation sites is 2. The van der Waals surface area contributed by atoms with Gasteiger partial charge in [-0.3, -0.25) is 4.79 Å². The van der Waals surface area contributed by atoms with E-state index < -0.39 is 0 Å². The van der Waals surface area contributed by atoms with Gasteiger partial charge in [-0.15, -0.1) is 0 Å². The van der Waals surface area contributed by atoms with Crippen molar-refractivity contribution in [3.63, 3.8) is 0 Å².